The molecule has 0 fully saturated rings. The molecular formula is C21H23N3OS. The van der Waals surface area contributed by atoms with Gasteiger partial charge in [0.1, 0.15) is 4.88 Å². The molecular weight excluding hydrogens is 342 g/mol. The summed E-state index contributed by atoms with van der Waals surface area (Å²) in [6.07, 6.45) is 0. The zero-order valence-electron chi connectivity index (χ0n) is 15.5. The Balaban J connectivity index is 1.71. The van der Waals surface area contributed by atoms with Crippen LogP contribution in [0.2, 0.25) is 0 Å². The van der Waals surface area contributed by atoms with E-state index in [1.807, 2.05) is 44.2 Å². The van der Waals surface area contributed by atoms with Crippen molar-refractivity contribution in [2.45, 2.75) is 34.2 Å². The van der Waals surface area contributed by atoms with Gasteiger partial charge in [0.15, 0.2) is 5.13 Å². The molecule has 134 valence electrons. The van der Waals surface area contributed by atoms with Crippen LogP contribution in [0.15, 0.2) is 42.5 Å². The number of thiazole rings is 1. The lowest BCUT2D eigenvalue weighted by Crippen LogP contribution is -2.22. The first kappa shape index (κ1) is 18.1. The molecule has 3 rings (SSSR count). The van der Waals surface area contributed by atoms with Crippen LogP contribution in [-0.2, 0) is 6.54 Å². The van der Waals surface area contributed by atoms with Gasteiger partial charge < -0.3 is 10.6 Å². The first-order valence-electron chi connectivity index (χ1n) is 8.58. The van der Waals surface area contributed by atoms with E-state index >= 15 is 0 Å². The molecule has 0 aliphatic carbocycles. The molecule has 1 heterocycles. The van der Waals surface area contributed by atoms with Gasteiger partial charge in [-0.05, 0) is 50.5 Å². The van der Waals surface area contributed by atoms with Crippen molar-refractivity contribution in [3.05, 3.63) is 75.3 Å². The van der Waals surface area contributed by atoms with Crippen LogP contribution < -0.4 is 10.6 Å². The highest BCUT2D eigenvalue weighted by atomic mass is 32.1. The Morgan fingerprint density at radius 2 is 1.81 bits per heavy atom. The lowest BCUT2D eigenvalue weighted by Gasteiger charge is -2.07. The molecule has 2 N–H and O–H groups in total. The fourth-order valence-corrected chi connectivity index (χ4v) is 3.69. The SMILES string of the molecule is Cc1ccc(Nc2nc(C)c(C(=O)NCc3ccccc3C)s2)c(C)c1. The van der Waals surface area contributed by atoms with Crippen molar-refractivity contribution in [2.75, 3.05) is 5.32 Å². The summed E-state index contributed by atoms with van der Waals surface area (Å²) in [4.78, 5) is 17.7. The van der Waals surface area contributed by atoms with Crippen LogP contribution in [0.4, 0.5) is 10.8 Å². The van der Waals surface area contributed by atoms with Crippen molar-refractivity contribution in [1.82, 2.24) is 10.3 Å². The van der Waals surface area contributed by atoms with E-state index in [-0.39, 0.29) is 5.91 Å². The first-order chi connectivity index (χ1) is 12.4. The number of aryl methyl sites for hydroxylation is 4. The summed E-state index contributed by atoms with van der Waals surface area (Å²) in [6, 6.07) is 14.3. The number of hydrogen-bond acceptors (Lipinski definition) is 4. The molecule has 26 heavy (non-hydrogen) atoms. The number of hydrogen-bond donors (Lipinski definition) is 2. The maximum atomic E-state index is 12.6. The number of nitrogens with one attached hydrogen (secondary N) is 2. The highest BCUT2D eigenvalue weighted by Crippen LogP contribution is 2.27. The summed E-state index contributed by atoms with van der Waals surface area (Å²) in [6.45, 7) is 8.56. The Hall–Kier alpha value is -2.66. The second-order valence-corrected chi connectivity index (χ2v) is 7.49. The highest BCUT2D eigenvalue weighted by molar-refractivity contribution is 7.17. The highest BCUT2D eigenvalue weighted by Gasteiger charge is 2.16. The van der Waals surface area contributed by atoms with E-state index in [0.717, 1.165) is 27.6 Å². The number of benzene rings is 2. The second kappa shape index (κ2) is 7.70. The third-order valence-corrected chi connectivity index (χ3v) is 5.40. The van der Waals surface area contributed by atoms with E-state index in [4.69, 9.17) is 0 Å². The summed E-state index contributed by atoms with van der Waals surface area (Å²) < 4.78 is 0. The van der Waals surface area contributed by atoms with E-state index in [1.54, 1.807) is 0 Å². The molecule has 0 aliphatic heterocycles. The fraction of sp³-hybridized carbons (Fsp3) is 0.238. The van der Waals surface area contributed by atoms with Gasteiger partial charge in [-0.3, -0.25) is 4.79 Å². The molecule has 0 saturated carbocycles. The van der Waals surface area contributed by atoms with Crippen LogP contribution in [0.25, 0.3) is 0 Å². The van der Waals surface area contributed by atoms with Gasteiger partial charge in [0.2, 0.25) is 0 Å². The minimum absolute atomic E-state index is 0.0862. The number of amides is 1. The van der Waals surface area contributed by atoms with Crippen molar-refractivity contribution in [2.24, 2.45) is 0 Å². The van der Waals surface area contributed by atoms with Crippen molar-refractivity contribution < 1.29 is 4.79 Å². The third-order valence-electron chi connectivity index (χ3n) is 4.33. The van der Waals surface area contributed by atoms with Crippen molar-refractivity contribution in [1.29, 1.82) is 0 Å². The van der Waals surface area contributed by atoms with Gasteiger partial charge in [-0.15, -0.1) is 0 Å². The van der Waals surface area contributed by atoms with Gasteiger partial charge in [0.05, 0.1) is 5.69 Å². The molecule has 0 unspecified atom stereocenters. The standard InChI is InChI=1S/C21H23N3OS/c1-13-9-10-18(15(3)11-13)24-21-23-16(4)19(26-21)20(25)22-12-17-8-6-5-7-14(17)2/h5-11H,12H2,1-4H3,(H,22,25)(H,23,24). The molecule has 2 aromatic carbocycles. The summed E-state index contributed by atoms with van der Waals surface area (Å²) in [7, 11) is 0. The first-order valence-corrected chi connectivity index (χ1v) is 9.40. The lowest BCUT2D eigenvalue weighted by atomic mass is 10.1. The van der Waals surface area contributed by atoms with E-state index in [1.165, 1.54) is 22.5 Å². The summed E-state index contributed by atoms with van der Waals surface area (Å²) in [5.41, 5.74) is 6.42. The van der Waals surface area contributed by atoms with Gasteiger partial charge in [-0.2, -0.15) is 0 Å². The molecule has 0 aliphatic rings. The van der Waals surface area contributed by atoms with Gasteiger partial charge in [0, 0.05) is 12.2 Å². The van der Waals surface area contributed by atoms with Gasteiger partial charge in [-0.1, -0.05) is 53.3 Å². The van der Waals surface area contributed by atoms with Crippen molar-refractivity contribution in [3.63, 3.8) is 0 Å². The van der Waals surface area contributed by atoms with Crippen LogP contribution >= 0.6 is 11.3 Å². The largest absolute Gasteiger partial charge is 0.347 e. The molecule has 1 aromatic heterocycles. The van der Waals surface area contributed by atoms with Crippen LogP contribution in [-0.4, -0.2) is 10.9 Å². The maximum Gasteiger partial charge on any atom is 0.263 e. The smallest absolute Gasteiger partial charge is 0.263 e. The monoisotopic (exact) mass is 365 g/mol. The Morgan fingerprint density at radius 1 is 1.04 bits per heavy atom. The van der Waals surface area contributed by atoms with Crippen LogP contribution in [0.3, 0.4) is 0 Å². The summed E-state index contributed by atoms with van der Waals surface area (Å²) in [5, 5.41) is 7.05. The Bertz CT molecular complexity index is 946. The minimum Gasteiger partial charge on any atom is -0.347 e. The number of carbonyl (C=O) groups excluding carboxylic acids is 1. The van der Waals surface area contributed by atoms with Crippen LogP contribution in [0.1, 0.15) is 37.6 Å². The minimum atomic E-state index is -0.0862. The van der Waals surface area contributed by atoms with Crippen LogP contribution in [0, 0.1) is 27.7 Å². The third kappa shape index (κ3) is 4.11. The second-order valence-electron chi connectivity index (χ2n) is 6.49. The molecule has 3 aromatic rings. The van der Waals surface area contributed by atoms with Gasteiger partial charge >= 0.3 is 0 Å². The number of rotatable bonds is 5. The van der Waals surface area contributed by atoms with Crippen molar-refractivity contribution >= 4 is 28.1 Å². The maximum absolute atomic E-state index is 12.6. The Labute approximate surface area is 158 Å². The molecule has 0 radical (unpaired) electrons. The molecule has 5 heteroatoms. The average Bonchev–Trinajstić information content (AvgIpc) is 2.97. The molecule has 4 nitrogen and oxygen atoms in total. The number of aromatic nitrogens is 1. The summed E-state index contributed by atoms with van der Waals surface area (Å²) in [5.74, 6) is -0.0862. The lowest BCUT2D eigenvalue weighted by molar-refractivity contribution is 0.0954. The normalized spacial score (nSPS) is 10.6. The molecule has 0 saturated heterocycles. The predicted molar refractivity (Wildman–Crippen MR) is 108 cm³/mol. The zero-order valence-corrected chi connectivity index (χ0v) is 16.3. The molecule has 0 spiro atoms. The van der Waals surface area contributed by atoms with Crippen molar-refractivity contribution in [3.8, 4) is 0 Å². The topological polar surface area (TPSA) is 54.0 Å². The van der Waals surface area contributed by atoms with E-state index in [0.29, 0.717) is 11.4 Å². The summed E-state index contributed by atoms with van der Waals surface area (Å²) >= 11 is 1.38. The predicted octanol–water partition coefficient (Wildman–Crippen LogP) is 5.05. The quantitative estimate of drug-likeness (QED) is 0.665. The number of nitrogens with zero attached hydrogens (tertiary/aromatic N) is 1. The fourth-order valence-electron chi connectivity index (χ4n) is 2.79. The zero-order chi connectivity index (χ0) is 18.7. The van der Waals surface area contributed by atoms with E-state index in [2.05, 4.69) is 41.6 Å². The van der Waals surface area contributed by atoms with Gasteiger partial charge in [0.25, 0.3) is 5.91 Å². The Kier molecular flexibility index (Phi) is 5.38. The molecule has 0 bridgehead atoms. The number of carbonyl (C=O) groups is 1. The average molecular weight is 366 g/mol. The van der Waals surface area contributed by atoms with Gasteiger partial charge in [-0.25, -0.2) is 4.98 Å². The Morgan fingerprint density at radius 3 is 2.54 bits per heavy atom. The molecule has 1 amide bonds. The number of anilines is 2. The van der Waals surface area contributed by atoms with E-state index in [9.17, 15) is 4.79 Å². The van der Waals surface area contributed by atoms with Crippen LogP contribution in [0.5, 0.6) is 0 Å². The molecule has 0 atom stereocenters. The van der Waals surface area contributed by atoms with E-state index < -0.39 is 0 Å².